The highest BCUT2D eigenvalue weighted by Gasteiger charge is 2.27. The van der Waals surface area contributed by atoms with Crippen molar-refractivity contribution in [3.8, 4) is 0 Å². The van der Waals surface area contributed by atoms with E-state index in [9.17, 15) is 14.4 Å². The van der Waals surface area contributed by atoms with Gasteiger partial charge in [-0.05, 0) is 48.4 Å². The van der Waals surface area contributed by atoms with Crippen LogP contribution in [-0.4, -0.2) is 30.4 Å². The first-order valence-corrected chi connectivity index (χ1v) is 9.54. The number of hydrogen-bond acceptors (Lipinski definition) is 5. The van der Waals surface area contributed by atoms with Crippen molar-refractivity contribution in [2.75, 3.05) is 11.9 Å². The molecule has 2 N–H and O–H groups in total. The molecule has 2 rings (SSSR count). The Morgan fingerprint density at radius 1 is 1.11 bits per heavy atom. The molecule has 1 aromatic carbocycles. The first-order chi connectivity index (χ1) is 12.8. The van der Waals surface area contributed by atoms with E-state index in [1.807, 2.05) is 26.0 Å². The molecule has 0 bridgehead atoms. The number of thiophene rings is 1. The van der Waals surface area contributed by atoms with Crippen molar-refractivity contribution >= 4 is 34.8 Å². The lowest BCUT2D eigenvalue weighted by Crippen LogP contribution is -2.45. The molecule has 0 spiro atoms. The quantitative estimate of drug-likeness (QED) is 0.713. The Bertz CT molecular complexity index is 815. The topological polar surface area (TPSA) is 84.5 Å². The van der Waals surface area contributed by atoms with E-state index in [1.54, 1.807) is 37.4 Å². The number of benzene rings is 1. The highest BCUT2D eigenvalue weighted by Crippen LogP contribution is 2.18. The predicted octanol–water partition coefficient (Wildman–Crippen LogP) is 3.30. The number of carbonyl (C=O) groups excluding carboxylic acids is 3. The third-order valence-corrected chi connectivity index (χ3v) is 5.05. The van der Waals surface area contributed by atoms with E-state index in [-0.39, 0.29) is 11.8 Å². The van der Waals surface area contributed by atoms with Gasteiger partial charge in [-0.25, -0.2) is 4.79 Å². The zero-order valence-electron chi connectivity index (χ0n) is 15.9. The lowest BCUT2D eigenvalue weighted by atomic mass is 10.0. The van der Waals surface area contributed by atoms with Crippen molar-refractivity contribution in [3.63, 3.8) is 0 Å². The fourth-order valence-electron chi connectivity index (χ4n) is 2.42. The number of aryl methyl sites for hydroxylation is 1. The Kier molecular flexibility index (Phi) is 7.12. The third-order valence-electron chi connectivity index (χ3n) is 4.18. The highest BCUT2D eigenvalue weighted by atomic mass is 32.1. The second kappa shape index (κ2) is 9.32. The molecule has 0 fully saturated rings. The van der Waals surface area contributed by atoms with E-state index in [0.29, 0.717) is 10.6 Å². The van der Waals surface area contributed by atoms with E-state index >= 15 is 0 Å². The summed E-state index contributed by atoms with van der Waals surface area (Å²) in [5.41, 5.74) is 2.70. The minimum atomic E-state index is -0.826. The predicted molar refractivity (Wildman–Crippen MR) is 106 cm³/mol. The Labute approximate surface area is 162 Å². The number of amides is 2. The van der Waals surface area contributed by atoms with Gasteiger partial charge in [0.05, 0.1) is 4.88 Å². The molecule has 0 radical (unpaired) electrons. The lowest BCUT2D eigenvalue weighted by Gasteiger charge is -2.20. The van der Waals surface area contributed by atoms with Crippen molar-refractivity contribution < 1.29 is 19.1 Å². The first-order valence-electron chi connectivity index (χ1n) is 8.66. The van der Waals surface area contributed by atoms with Gasteiger partial charge in [0, 0.05) is 5.69 Å². The SMILES string of the molecule is Cc1cccc(NC(=O)COC(=O)[C@@H](NC(=O)c2cccs2)C(C)C)c1C. The Hall–Kier alpha value is -2.67. The van der Waals surface area contributed by atoms with Crippen LogP contribution >= 0.6 is 11.3 Å². The summed E-state index contributed by atoms with van der Waals surface area (Å²) in [6.45, 7) is 7.05. The van der Waals surface area contributed by atoms with Crippen LogP contribution in [0.15, 0.2) is 35.7 Å². The van der Waals surface area contributed by atoms with Crippen LogP contribution in [-0.2, 0) is 14.3 Å². The van der Waals surface area contributed by atoms with E-state index in [2.05, 4.69) is 10.6 Å². The average molecular weight is 388 g/mol. The van der Waals surface area contributed by atoms with Crippen LogP contribution in [0.1, 0.15) is 34.6 Å². The standard InChI is InChI=1S/C20H24N2O4S/c1-12(2)18(22-19(24)16-9-6-10-27-16)20(25)26-11-17(23)21-15-8-5-7-13(3)14(15)4/h5-10,12,18H,11H2,1-4H3,(H,21,23)(H,22,24)/t18-/m0/s1. The van der Waals surface area contributed by atoms with Crippen molar-refractivity contribution in [2.24, 2.45) is 5.92 Å². The number of rotatable bonds is 7. The van der Waals surface area contributed by atoms with E-state index in [4.69, 9.17) is 4.74 Å². The number of anilines is 1. The highest BCUT2D eigenvalue weighted by molar-refractivity contribution is 7.12. The molecule has 7 heteroatoms. The molecule has 144 valence electrons. The van der Waals surface area contributed by atoms with Gasteiger partial charge in [-0.2, -0.15) is 0 Å². The minimum Gasteiger partial charge on any atom is -0.454 e. The molecule has 0 aliphatic heterocycles. The molecule has 0 aliphatic rings. The first kappa shape index (κ1) is 20.6. The Morgan fingerprint density at radius 2 is 1.85 bits per heavy atom. The van der Waals surface area contributed by atoms with Gasteiger partial charge in [-0.1, -0.05) is 32.0 Å². The number of nitrogens with one attached hydrogen (secondary N) is 2. The summed E-state index contributed by atoms with van der Waals surface area (Å²) in [4.78, 5) is 37.2. The zero-order chi connectivity index (χ0) is 20.0. The maximum Gasteiger partial charge on any atom is 0.329 e. The van der Waals surface area contributed by atoms with Gasteiger partial charge >= 0.3 is 5.97 Å². The number of ether oxygens (including phenoxy) is 1. The molecule has 1 heterocycles. The van der Waals surface area contributed by atoms with Crippen molar-refractivity contribution in [1.82, 2.24) is 5.32 Å². The van der Waals surface area contributed by atoms with Crippen LogP contribution in [0.4, 0.5) is 5.69 Å². The van der Waals surface area contributed by atoms with Gasteiger partial charge < -0.3 is 15.4 Å². The summed E-state index contributed by atoms with van der Waals surface area (Å²) in [6.07, 6.45) is 0. The van der Waals surface area contributed by atoms with E-state index in [0.717, 1.165) is 11.1 Å². The molecule has 0 unspecified atom stereocenters. The molecule has 1 aromatic heterocycles. The number of esters is 1. The van der Waals surface area contributed by atoms with Gasteiger partial charge in [0.15, 0.2) is 6.61 Å². The molecule has 0 saturated heterocycles. The van der Waals surface area contributed by atoms with Crippen LogP contribution in [0.5, 0.6) is 0 Å². The van der Waals surface area contributed by atoms with Gasteiger partial charge in [-0.3, -0.25) is 9.59 Å². The molecular formula is C20H24N2O4S. The maximum atomic E-state index is 12.4. The molecule has 1 atom stereocenters. The molecule has 2 amide bonds. The maximum absolute atomic E-state index is 12.4. The Balaban J connectivity index is 1.92. The van der Waals surface area contributed by atoms with E-state index in [1.165, 1.54) is 11.3 Å². The zero-order valence-corrected chi connectivity index (χ0v) is 16.7. The number of hydrogen-bond donors (Lipinski definition) is 2. The summed E-state index contributed by atoms with van der Waals surface area (Å²) < 4.78 is 5.13. The summed E-state index contributed by atoms with van der Waals surface area (Å²) in [7, 11) is 0. The number of carbonyl (C=O) groups is 3. The largest absolute Gasteiger partial charge is 0.454 e. The molecule has 2 aromatic rings. The van der Waals surface area contributed by atoms with E-state index < -0.39 is 24.5 Å². The summed E-state index contributed by atoms with van der Waals surface area (Å²) in [5.74, 6) is -1.57. The van der Waals surface area contributed by atoms with Gasteiger partial charge in [0.1, 0.15) is 6.04 Å². The normalized spacial score (nSPS) is 11.7. The summed E-state index contributed by atoms with van der Waals surface area (Å²) in [5, 5.41) is 7.20. The van der Waals surface area contributed by atoms with Crippen molar-refractivity contribution in [3.05, 3.63) is 51.7 Å². The molecular weight excluding hydrogens is 364 g/mol. The molecule has 27 heavy (non-hydrogen) atoms. The molecule has 6 nitrogen and oxygen atoms in total. The average Bonchev–Trinajstić information content (AvgIpc) is 3.16. The second-order valence-corrected chi connectivity index (χ2v) is 7.52. The van der Waals surface area contributed by atoms with Gasteiger partial charge in [-0.15, -0.1) is 11.3 Å². The van der Waals surface area contributed by atoms with Crippen LogP contribution in [0.25, 0.3) is 0 Å². The molecule has 0 aliphatic carbocycles. The Morgan fingerprint density at radius 3 is 2.48 bits per heavy atom. The minimum absolute atomic E-state index is 0.177. The smallest absolute Gasteiger partial charge is 0.329 e. The second-order valence-electron chi connectivity index (χ2n) is 6.58. The van der Waals surface area contributed by atoms with Crippen molar-refractivity contribution in [2.45, 2.75) is 33.7 Å². The van der Waals surface area contributed by atoms with Crippen LogP contribution < -0.4 is 10.6 Å². The summed E-state index contributed by atoms with van der Waals surface area (Å²) in [6, 6.07) is 8.21. The molecule has 0 saturated carbocycles. The van der Waals surface area contributed by atoms with Gasteiger partial charge in [0.25, 0.3) is 11.8 Å². The monoisotopic (exact) mass is 388 g/mol. The fourth-order valence-corrected chi connectivity index (χ4v) is 3.04. The van der Waals surface area contributed by atoms with Crippen LogP contribution in [0.2, 0.25) is 0 Å². The third kappa shape index (κ3) is 5.65. The fraction of sp³-hybridized carbons (Fsp3) is 0.350. The van der Waals surface area contributed by atoms with Gasteiger partial charge in [0.2, 0.25) is 0 Å². The van der Waals surface area contributed by atoms with Crippen molar-refractivity contribution in [1.29, 1.82) is 0 Å². The summed E-state index contributed by atoms with van der Waals surface area (Å²) >= 11 is 1.29. The van der Waals surface area contributed by atoms with Crippen LogP contribution in [0.3, 0.4) is 0 Å². The van der Waals surface area contributed by atoms with Crippen LogP contribution in [0, 0.1) is 19.8 Å². The lowest BCUT2D eigenvalue weighted by molar-refractivity contribution is -0.150.